The Morgan fingerprint density at radius 1 is 1.13 bits per heavy atom. The zero-order chi connectivity index (χ0) is 16.4. The summed E-state index contributed by atoms with van der Waals surface area (Å²) in [5.74, 6) is -0.0369. The highest BCUT2D eigenvalue weighted by Crippen LogP contribution is 2.34. The molecular formula is C19H30N2O2. The Bertz CT molecular complexity index is 596. The van der Waals surface area contributed by atoms with E-state index in [9.17, 15) is 9.90 Å². The second-order valence-electron chi connectivity index (χ2n) is 7.46. The fourth-order valence-electron chi connectivity index (χ4n) is 4.51. The summed E-state index contributed by atoms with van der Waals surface area (Å²) in [7, 11) is 2.14. The van der Waals surface area contributed by atoms with Crippen molar-refractivity contribution in [2.24, 2.45) is 0 Å². The van der Waals surface area contributed by atoms with Gasteiger partial charge in [0.2, 0.25) is 5.43 Å². The highest BCUT2D eigenvalue weighted by atomic mass is 16.3. The molecule has 23 heavy (non-hydrogen) atoms. The van der Waals surface area contributed by atoms with E-state index >= 15 is 0 Å². The lowest BCUT2D eigenvalue weighted by Gasteiger charge is -2.33. The summed E-state index contributed by atoms with van der Waals surface area (Å²) in [6.45, 7) is 2.67. The molecule has 1 aromatic rings. The monoisotopic (exact) mass is 318 g/mol. The molecule has 0 amide bonds. The van der Waals surface area contributed by atoms with Crippen LogP contribution in [0.5, 0.6) is 5.75 Å². The second-order valence-corrected chi connectivity index (χ2v) is 7.46. The molecule has 128 valence electrons. The van der Waals surface area contributed by atoms with Gasteiger partial charge >= 0.3 is 0 Å². The smallest absolute Gasteiger partial charge is 0.223 e. The van der Waals surface area contributed by atoms with E-state index in [1.165, 1.54) is 44.9 Å². The summed E-state index contributed by atoms with van der Waals surface area (Å²) in [5, 5.41) is 10.5. The molecule has 0 aliphatic heterocycles. The van der Waals surface area contributed by atoms with Gasteiger partial charge in [0, 0.05) is 30.4 Å². The highest BCUT2D eigenvalue weighted by molar-refractivity contribution is 5.30. The molecule has 2 fully saturated rings. The molecule has 0 atom stereocenters. The summed E-state index contributed by atoms with van der Waals surface area (Å²) >= 11 is 0. The first-order chi connectivity index (χ1) is 11.1. The Morgan fingerprint density at radius 2 is 1.74 bits per heavy atom. The van der Waals surface area contributed by atoms with Crippen LogP contribution in [0.1, 0.15) is 75.2 Å². The molecule has 2 aliphatic carbocycles. The topological polar surface area (TPSA) is 45.5 Å². The first-order valence-electron chi connectivity index (χ1n) is 9.22. The molecular weight excluding hydrogens is 288 g/mol. The normalized spacial score (nSPS) is 20.5. The number of hydrogen-bond donors (Lipinski definition) is 1. The van der Waals surface area contributed by atoms with E-state index in [1.54, 1.807) is 6.07 Å². The van der Waals surface area contributed by atoms with Crippen LogP contribution in [0.2, 0.25) is 0 Å². The molecule has 0 bridgehead atoms. The van der Waals surface area contributed by atoms with Gasteiger partial charge in [-0.05, 0) is 39.7 Å². The Morgan fingerprint density at radius 3 is 2.39 bits per heavy atom. The highest BCUT2D eigenvalue weighted by Gasteiger charge is 2.25. The van der Waals surface area contributed by atoms with Crippen molar-refractivity contribution in [1.29, 1.82) is 0 Å². The van der Waals surface area contributed by atoms with Crippen LogP contribution in [-0.2, 0) is 6.54 Å². The molecule has 0 aromatic carbocycles. The van der Waals surface area contributed by atoms with Gasteiger partial charge in [-0.3, -0.25) is 9.69 Å². The van der Waals surface area contributed by atoms with Crippen LogP contribution < -0.4 is 5.43 Å². The van der Waals surface area contributed by atoms with E-state index < -0.39 is 0 Å². The van der Waals surface area contributed by atoms with Crippen molar-refractivity contribution in [2.45, 2.75) is 83.3 Å². The average molecular weight is 318 g/mol. The van der Waals surface area contributed by atoms with Crippen molar-refractivity contribution in [2.75, 3.05) is 7.05 Å². The van der Waals surface area contributed by atoms with Crippen LogP contribution in [0.3, 0.4) is 0 Å². The third-order valence-corrected chi connectivity index (χ3v) is 5.80. The molecule has 1 heterocycles. The van der Waals surface area contributed by atoms with Crippen molar-refractivity contribution in [3.63, 3.8) is 0 Å². The van der Waals surface area contributed by atoms with E-state index in [-0.39, 0.29) is 11.2 Å². The number of aryl methyl sites for hydroxylation is 1. The molecule has 0 spiro atoms. The van der Waals surface area contributed by atoms with Gasteiger partial charge in [0.05, 0.1) is 5.69 Å². The summed E-state index contributed by atoms with van der Waals surface area (Å²) < 4.78 is 2.25. The molecule has 1 N–H and O–H groups in total. The maximum absolute atomic E-state index is 12.1. The van der Waals surface area contributed by atoms with Gasteiger partial charge in [-0.1, -0.05) is 32.1 Å². The molecule has 2 aliphatic rings. The van der Waals surface area contributed by atoms with Crippen molar-refractivity contribution in [1.82, 2.24) is 9.47 Å². The van der Waals surface area contributed by atoms with Gasteiger partial charge in [-0.2, -0.15) is 0 Å². The zero-order valence-electron chi connectivity index (χ0n) is 14.6. The summed E-state index contributed by atoms with van der Waals surface area (Å²) in [4.78, 5) is 14.4. The molecule has 4 heteroatoms. The Labute approximate surface area is 139 Å². The third-order valence-electron chi connectivity index (χ3n) is 5.80. The maximum atomic E-state index is 12.1. The minimum absolute atomic E-state index is 0.0369. The summed E-state index contributed by atoms with van der Waals surface area (Å²) in [6.07, 6.45) is 11.2. The van der Waals surface area contributed by atoms with E-state index in [2.05, 4.69) is 16.5 Å². The molecule has 0 unspecified atom stereocenters. The van der Waals surface area contributed by atoms with Crippen LogP contribution in [0.4, 0.5) is 0 Å². The SMILES string of the molecule is Cc1cc(=O)c(O)c(CN(C)C2CCCCC2)n1C1CCCC1. The Kier molecular flexibility index (Phi) is 5.10. The first-order valence-corrected chi connectivity index (χ1v) is 9.22. The minimum Gasteiger partial charge on any atom is -0.503 e. The van der Waals surface area contributed by atoms with Crippen molar-refractivity contribution < 1.29 is 5.11 Å². The van der Waals surface area contributed by atoms with Crippen molar-refractivity contribution in [3.8, 4) is 5.75 Å². The minimum atomic E-state index is -0.233. The molecule has 1 aromatic heterocycles. The molecule has 0 radical (unpaired) electrons. The Hall–Kier alpha value is -1.29. The predicted molar refractivity (Wildman–Crippen MR) is 92.9 cm³/mol. The fraction of sp³-hybridized carbons (Fsp3) is 0.737. The lowest BCUT2D eigenvalue weighted by atomic mass is 9.94. The second kappa shape index (κ2) is 7.08. The van der Waals surface area contributed by atoms with Crippen molar-refractivity contribution in [3.05, 3.63) is 27.7 Å². The van der Waals surface area contributed by atoms with Crippen LogP contribution >= 0.6 is 0 Å². The number of rotatable bonds is 4. The van der Waals surface area contributed by atoms with Gasteiger partial charge in [0.15, 0.2) is 5.75 Å². The Balaban J connectivity index is 1.91. The standard InChI is InChI=1S/C19H30N2O2/c1-14-12-18(22)19(23)17(21(14)16-10-6-7-11-16)13-20(2)15-8-4-3-5-9-15/h12,15-16,23H,3-11,13H2,1-2H3. The average Bonchev–Trinajstić information content (AvgIpc) is 3.07. The van der Waals surface area contributed by atoms with Crippen LogP contribution in [0, 0.1) is 6.92 Å². The first kappa shape index (κ1) is 16.6. The number of hydrogen-bond acceptors (Lipinski definition) is 3. The van der Waals surface area contributed by atoms with Gasteiger partial charge in [0.25, 0.3) is 0 Å². The molecule has 0 saturated heterocycles. The van der Waals surface area contributed by atoms with E-state index in [0.29, 0.717) is 18.6 Å². The van der Waals surface area contributed by atoms with Gasteiger partial charge in [-0.25, -0.2) is 0 Å². The number of aromatic hydroxyl groups is 1. The number of pyridine rings is 1. The lowest BCUT2D eigenvalue weighted by Crippen LogP contribution is -2.35. The van der Waals surface area contributed by atoms with Gasteiger partial charge in [0.1, 0.15) is 0 Å². The van der Waals surface area contributed by atoms with E-state index in [1.807, 2.05) is 6.92 Å². The third kappa shape index (κ3) is 3.47. The number of aromatic nitrogens is 1. The summed E-state index contributed by atoms with van der Waals surface area (Å²) in [5.41, 5.74) is 1.59. The van der Waals surface area contributed by atoms with Crippen LogP contribution in [0.15, 0.2) is 10.9 Å². The van der Waals surface area contributed by atoms with E-state index in [4.69, 9.17) is 0 Å². The number of nitrogens with zero attached hydrogens (tertiary/aromatic N) is 2. The maximum Gasteiger partial charge on any atom is 0.223 e. The molecule has 3 rings (SSSR count). The van der Waals surface area contributed by atoms with Gasteiger partial charge in [-0.15, -0.1) is 0 Å². The molecule has 2 saturated carbocycles. The van der Waals surface area contributed by atoms with Crippen LogP contribution in [0.25, 0.3) is 0 Å². The zero-order valence-corrected chi connectivity index (χ0v) is 14.6. The predicted octanol–water partition coefficient (Wildman–Crippen LogP) is 3.74. The van der Waals surface area contributed by atoms with Crippen molar-refractivity contribution >= 4 is 0 Å². The lowest BCUT2D eigenvalue weighted by molar-refractivity contribution is 0.176. The quantitative estimate of drug-likeness (QED) is 0.920. The van der Waals surface area contributed by atoms with Gasteiger partial charge < -0.3 is 9.67 Å². The molecule has 4 nitrogen and oxygen atoms in total. The largest absolute Gasteiger partial charge is 0.503 e. The fourth-order valence-corrected chi connectivity index (χ4v) is 4.51. The van der Waals surface area contributed by atoms with Crippen LogP contribution in [-0.4, -0.2) is 27.7 Å². The summed E-state index contributed by atoms with van der Waals surface area (Å²) in [6, 6.07) is 2.62. The van der Waals surface area contributed by atoms with E-state index in [0.717, 1.165) is 24.2 Å².